The molecule has 1 aliphatic rings. The molecule has 0 aliphatic carbocycles. The molecule has 2 rings (SSSR count). The maximum Gasteiger partial charge on any atom is 0.184 e. The zero-order valence-corrected chi connectivity index (χ0v) is 7.65. The highest BCUT2D eigenvalue weighted by Gasteiger charge is 2.21. The zero-order chi connectivity index (χ0) is 9.97. The molecule has 3 nitrogen and oxygen atoms in total. The summed E-state index contributed by atoms with van der Waals surface area (Å²) >= 11 is 0. The van der Waals surface area contributed by atoms with Gasteiger partial charge in [0.1, 0.15) is 5.82 Å². The normalized spacial score (nSPS) is 27.6. The fourth-order valence-electron chi connectivity index (χ4n) is 1.36. The Bertz CT molecular complexity index is 311. The molecule has 0 aromatic heterocycles. The van der Waals surface area contributed by atoms with Crippen molar-refractivity contribution in [2.75, 3.05) is 13.2 Å². The van der Waals surface area contributed by atoms with E-state index in [0.29, 0.717) is 18.8 Å². The van der Waals surface area contributed by atoms with Crippen molar-refractivity contribution >= 4 is 0 Å². The van der Waals surface area contributed by atoms with Crippen LogP contribution in [0.3, 0.4) is 0 Å². The third-order valence-electron chi connectivity index (χ3n) is 2.04. The third-order valence-corrected chi connectivity index (χ3v) is 2.04. The minimum atomic E-state index is -0.481. The van der Waals surface area contributed by atoms with Gasteiger partial charge in [0.05, 0.1) is 19.3 Å². The van der Waals surface area contributed by atoms with E-state index < -0.39 is 6.29 Å². The fourth-order valence-corrected chi connectivity index (χ4v) is 1.36. The Kier molecular flexibility index (Phi) is 2.77. The highest BCUT2D eigenvalue weighted by molar-refractivity contribution is 5.17. The molecule has 0 amide bonds. The standard InChI is InChI=1S/C10H12FNO2/c11-8-3-1-2-7(4-8)10-13-5-9(12)6-14-10/h1-4,9-10H,5-6,12H2. The van der Waals surface area contributed by atoms with Crippen LogP contribution in [0.15, 0.2) is 24.3 Å². The van der Waals surface area contributed by atoms with Crippen molar-refractivity contribution in [3.63, 3.8) is 0 Å². The second-order valence-corrected chi connectivity index (χ2v) is 3.31. The lowest BCUT2D eigenvalue weighted by molar-refractivity contribution is -0.190. The molecule has 0 unspecified atom stereocenters. The van der Waals surface area contributed by atoms with Crippen molar-refractivity contribution in [2.24, 2.45) is 5.73 Å². The van der Waals surface area contributed by atoms with Gasteiger partial charge in [-0.05, 0) is 12.1 Å². The number of halogens is 1. The molecule has 0 saturated carbocycles. The largest absolute Gasteiger partial charge is 0.347 e. The molecule has 14 heavy (non-hydrogen) atoms. The van der Waals surface area contributed by atoms with E-state index in [4.69, 9.17) is 15.2 Å². The average Bonchev–Trinajstić information content (AvgIpc) is 2.19. The van der Waals surface area contributed by atoms with Crippen molar-refractivity contribution in [1.29, 1.82) is 0 Å². The van der Waals surface area contributed by atoms with E-state index in [1.54, 1.807) is 12.1 Å². The number of hydrogen-bond acceptors (Lipinski definition) is 3. The predicted octanol–water partition coefficient (Wildman–Crippen LogP) is 1.20. The molecule has 1 fully saturated rings. The summed E-state index contributed by atoms with van der Waals surface area (Å²) < 4.78 is 23.5. The monoisotopic (exact) mass is 197 g/mol. The van der Waals surface area contributed by atoms with E-state index in [1.807, 2.05) is 0 Å². The molecule has 2 N–H and O–H groups in total. The van der Waals surface area contributed by atoms with Crippen LogP contribution in [0.2, 0.25) is 0 Å². The summed E-state index contributed by atoms with van der Waals surface area (Å²) in [6.45, 7) is 0.891. The maximum atomic E-state index is 12.9. The van der Waals surface area contributed by atoms with Gasteiger partial charge in [-0.3, -0.25) is 0 Å². The minimum Gasteiger partial charge on any atom is -0.347 e. The molecule has 4 heteroatoms. The van der Waals surface area contributed by atoms with Gasteiger partial charge in [-0.25, -0.2) is 4.39 Å². The molecule has 1 aromatic rings. The Hall–Kier alpha value is -0.970. The van der Waals surface area contributed by atoms with Crippen LogP contribution in [0.4, 0.5) is 4.39 Å². The molecular formula is C10H12FNO2. The van der Waals surface area contributed by atoms with Gasteiger partial charge in [0.25, 0.3) is 0 Å². The van der Waals surface area contributed by atoms with Crippen LogP contribution >= 0.6 is 0 Å². The topological polar surface area (TPSA) is 44.5 Å². The SMILES string of the molecule is NC1COC(c2cccc(F)c2)OC1. The quantitative estimate of drug-likeness (QED) is 0.735. The van der Waals surface area contributed by atoms with E-state index in [9.17, 15) is 4.39 Å². The first-order chi connectivity index (χ1) is 6.75. The molecule has 1 heterocycles. The minimum absolute atomic E-state index is 0.0835. The first-order valence-corrected chi connectivity index (χ1v) is 4.50. The van der Waals surface area contributed by atoms with Crippen molar-refractivity contribution in [1.82, 2.24) is 0 Å². The van der Waals surface area contributed by atoms with E-state index in [-0.39, 0.29) is 11.9 Å². The smallest absolute Gasteiger partial charge is 0.184 e. The van der Waals surface area contributed by atoms with Crippen LogP contribution in [0.1, 0.15) is 11.9 Å². The van der Waals surface area contributed by atoms with Gasteiger partial charge in [0, 0.05) is 5.56 Å². The van der Waals surface area contributed by atoms with E-state index in [2.05, 4.69) is 0 Å². The van der Waals surface area contributed by atoms with E-state index in [0.717, 1.165) is 0 Å². The number of hydrogen-bond donors (Lipinski definition) is 1. The molecule has 1 saturated heterocycles. The molecule has 1 aromatic carbocycles. The van der Waals surface area contributed by atoms with Crippen LogP contribution in [-0.4, -0.2) is 19.3 Å². The Balaban J connectivity index is 2.08. The van der Waals surface area contributed by atoms with Crippen molar-refractivity contribution < 1.29 is 13.9 Å². The Morgan fingerprint density at radius 1 is 1.29 bits per heavy atom. The van der Waals surface area contributed by atoms with Crippen LogP contribution in [0, 0.1) is 5.82 Å². The van der Waals surface area contributed by atoms with Crippen LogP contribution < -0.4 is 5.73 Å². The Labute approximate surface area is 81.6 Å². The van der Waals surface area contributed by atoms with Crippen molar-refractivity contribution in [3.05, 3.63) is 35.6 Å². The molecule has 0 spiro atoms. The van der Waals surface area contributed by atoms with Crippen LogP contribution in [-0.2, 0) is 9.47 Å². The van der Waals surface area contributed by atoms with Gasteiger partial charge < -0.3 is 15.2 Å². The summed E-state index contributed by atoms with van der Waals surface area (Å²) in [5, 5.41) is 0. The van der Waals surface area contributed by atoms with Crippen molar-refractivity contribution in [3.8, 4) is 0 Å². The zero-order valence-electron chi connectivity index (χ0n) is 7.65. The molecule has 0 atom stereocenters. The number of benzene rings is 1. The summed E-state index contributed by atoms with van der Waals surface area (Å²) in [5.74, 6) is -0.287. The lowest BCUT2D eigenvalue weighted by Gasteiger charge is -2.27. The van der Waals surface area contributed by atoms with Gasteiger partial charge >= 0.3 is 0 Å². The fraction of sp³-hybridized carbons (Fsp3) is 0.400. The lowest BCUT2D eigenvalue weighted by Crippen LogP contribution is -2.37. The summed E-state index contributed by atoms with van der Waals surface area (Å²) in [6.07, 6.45) is -0.481. The summed E-state index contributed by atoms with van der Waals surface area (Å²) in [4.78, 5) is 0. The van der Waals surface area contributed by atoms with Crippen molar-refractivity contribution in [2.45, 2.75) is 12.3 Å². The average molecular weight is 197 g/mol. The maximum absolute atomic E-state index is 12.9. The van der Waals surface area contributed by atoms with Gasteiger partial charge in [-0.2, -0.15) is 0 Å². The molecule has 0 bridgehead atoms. The van der Waals surface area contributed by atoms with Crippen LogP contribution in [0.25, 0.3) is 0 Å². The second-order valence-electron chi connectivity index (χ2n) is 3.31. The molecule has 0 radical (unpaired) electrons. The molecule has 76 valence electrons. The summed E-state index contributed by atoms with van der Waals surface area (Å²) in [5.41, 5.74) is 6.27. The van der Waals surface area contributed by atoms with E-state index in [1.165, 1.54) is 12.1 Å². The lowest BCUT2D eigenvalue weighted by atomic mass is 10.2. The van der Waals surface area contributed by atoms with Gasteiger partial charge in [0.15, 0.2) is 6.29 Å². The highest BCUT2D eigenvalue weighted by atomic mass is 19.1. The highest BCUT2D eigenvalue weighted by Crippen LogP contribution is 2.22. The van der Waals surface area contributed by atoms with Gasteiger partial charge in [0.2, 0.25) is 0 Å². The van der Waals surface area contributed by atoms with E-state index >= 15 is 0 Å². The number of nitrogens with two attached hydrogens (primary N) is 1. The molecular weight excluding hydrogens is 185 g/mol. The first-order valence-electron chi connectivity index (χ1n) is 4.50. The summed E-state index contributed by atoms with van der Waals surface area (Å²) in [6, 6.07) is 6.11. The summed E-state index contributed by atoms with van der Waals surface area (Å²) in [7, 11) is 0. The second kappa shape index (κ2) is 4.04. The predicted molar refractivity (Wildman–Crippen MR) is 49.0 cm³/mol. The third kappa shape index (κ3) is 2.09. The Morgan fingerprint density at radius 2 is 2.00 bits per heavy atom. The number of ether oxygens (including phenoxy) is 2. The Morgan fingerprint density at radius 3 is 2.64 bits per heavy atom. The first kappa shape index (κ1) is 9.58. The van der Waals surface area contributed by atoms with Gasteiger partial charge in [-0.1, -0.05) is 12.1 Å². The number of rotatable bonds is 1. The van der Waals surface area contributed by atoms with Gasteiger partial charge in [-0.15, -0.1) is 0 Å². The molecule has 1 aliphatic heterocycles. The van der Waals surface area contributed by atoms with Crippen LogP contribution in [0.5, 0.6) is 0 Å².